The molecule has 0 aliphatic carbocycles. The van der Waals surface area contributed by atoms with Crippen LogP contribution in [-0.4, -0.2) is 26.2 Å². The summed E-state index contributed by atoms with van der Waals surface area (Å²) in [4.78, 5) is 15.7. The molecule has 1 aromatic carbocycles. The summed E-state index contributed by atoms with van der Waals surface area (Å²) in [7, 11) is 0. The van der Waals surface area contributed by atoms with Crippen LogP contribution < -0.4 is 5.32 Å². The number of benzene rings is 1. The van der Waals surface area contributed by atoms with Gasteiger partial charge >= 0.3 is 0 Å². The second-order valence-electron chi connectivity index (χ2n) is 3.86. The Morgan fingerprint density at radius 3 is 2.75 bits per heavy atom. The first-order valence-corrected chi connectivity index (χ1v) is 6.63. The lowest BCUT2D eigenvalue weighted by Gasteiger charge is -2.11. The summed E-state index contributed by atoms with van der Waals surface area (Å²) < 4.78 is 0. The predicted molar refractivity (Wildman–Crippen MR) is 76.5 cm³/mol. The number of rotatable bonds is 4. The zero-order valence-corrected chi connectivity index (χ0v) is 12.2. The number of phenols is 1. The van der Waals surface area contributed by atoms with Gasteiger partial charge in [-0.15, -0.1) is 0 Å². The number of aryl methyl sites for hydroxylation is 1. The summed E-state index contributed by atoms with van der Waals surface area (Å²) in [5.74, 6) is -0.106. The second kappa shape index (κ2) is 6.30. The first-order valence-electron chi connectivity index (χ1n) is 5.49. The van der Waals surface area contributed by atoms with Crippen molar-refractivity contribution in [2.45, 2.75) is 12.8 Å². The van der Waals surface area contributed by atoms with Gasteiger partial charge in [0.1, 0.15) is 17.8 Å². The Morgan fingerprint density at radius 2 is 2.10 bits per heavy atom. The molecular weight excluding hydrogens is 327 g/mol. The van der Waals surface area contributed by atoms with Gasteiger partial charge in [-0.25, -0.2) is 4.98 Å². The van der Waals surface area contributed by atoms with E-state index in [1.165, 1.54) is 12.4 Å². The Labute approximate surface area is 129 Å². The Balaban J connectivity index is 2.08. The molecule has 106 valence electrons. The smallest absolute Gasteiger partial charge is 0.224 e. The maximum atomic E-state index is 11.8. The number of hydrogen-bond donors (Lipinski definition) is 3. The van der Waals surface area contributed by atoms with Crippen LogP contribution in [0.25, 0.3) is 0 Å². The molecule has 0 aliphatic rings. The summed E-state index contributed by atoms with van der Waals surface area (Å²) in [5.41, 5.74) is -0.00765. The molecule has 9 heteroatoms. The third-order valence-electron chi connectivity index (χ3n) is 2.46. The minimum Gasteiger partial charge on any atom is -0.504 e. The van der Waals surface area contributed by atoms with Crippen LogP contribution >= 0.6 is 34.8 Å². The van der Waals surface area contributed by atoms with E-state index in [2.05, 4.69) is 20.5 Å². The fourth-order valence-electron chi connectivity index (χ4n) is 1.48. The van der Waals surface area contributed by atoms with Crippen molar-refractivity contribution in [2.24, 2.45) is 0 Å². The molecule has 20 heavy (non-hydrogen) atoms. The molecular formula is C11H9Cl3N4O2. The summed E-state index contributed by atoms with van der Waals surface area (Å²) >= 11 is 17.5. The number of halogens is 3. The van der Waals surface area contributed by atoms with Crippen LogP contribution in [0.2, 0.25) is 15.1 Å². The van der Waals surface area contributed by atoms with E-state index < -0.39 is 0 Å². The van der Waals surface area contributed by atoms with Crippen molar-refractivity contribution >= 4 is 46.4 Å². The van der Waals surface area contributed by atoms with Crippen LogP contribution in [0, 0.1) is 0 Å². The molecule has 0 aliphatic heterocycles. The number of amides is 1. The maximum absolute atomic E-state index is 11.8. The molecule has 3 N–H and O–H groups in total. The lowest BCUT2D eigenvalue weighted by Crippen LogP contribution is -2.13. The van der Waals surface area contributed by atoms with Crippen molar-refractivity contribution in [1.82, 2.24) is 15.2 Å². The standard InChI is InChI=1S/C11H9Cl3N4O2/c12-5-3-6(13)11(20)10(9(5)14)17-8(19)2-1-7-15-4-16-18-7/h3-4,20H,1-2H2,(H,17,19)(H,15,16,18). The Morgan fingerprint density at radius 1 is 1.35 bits per heavy atom. The molecule has 0 bridgehead atoms. The van der Waals surface area contributed by atoms with E-state index in [0.29, 0.717) is 12.2 Å². The molecule has 0 saturated carbocycles. The predicted octanol–water partition coefficient (Wildman–Crippen LogP) is 3.04. The zero-order chi connectivity index (χ0) is 14.7. The van der Waals surface area contributed by atoms with Crippen molar-refractivity contribution in [2.75, 3.05) is 5.32 Å². The van der Waals surface area contributed by atoms with Crippen molar-refractivity contribution in [3.05, 3.63) is 33.3 Å². The molecule has 1 aromatic heterocycles. The van der Waals surface area contributed by atoms with E-state index in [1.807, 2.05) is 0 Å². The molecule has 0 atom stereocenters. The normalized spacial score (nSPS) is 10.6. The SMILES string of the molecule is O=C(CCc1ncn[nH]1)Nc1c(O)c(Cl)cc(Cl)c1Cl. The lowest BCUT2D eigenvalue weighted by atomic mass is 10.2. The van der Waals surface area contributed by atoms with Crippen LogP contribution in [0.1, 0.15) is 12.2 Å². The second-order valence-corrected chi connectivity index (χ2v) is 5.05. The van der Waals surface area contributed by atoms with Crippen LogP contribution in [0.3, 0.4) is 0 Å². The van der Waals surface area contributed by atoms with Crippen LogP contribution in [0.5, 0.6) is 5.75 Å². The van der Waals surface area contributed by atoms with Gasteiger partial charge in [0.05, 0.1) is 15.1 Å². The molecule has 0 radical (unpaired) electrons. The van der Waals surface area contributed by atoms with Gasteiger partial charge in [0.25, 0.3) is 0 Å². The van der Waals surface area contributed by atoms with E-state index in [1.54, 1.807) is 0 Å². The number of carbonyl (C=O) groups excluding carboxylic acids is 1. The van der Waals surface area contributed by atoms with E-state index >= 15 is 0 Å². The zero-order valence-electron chi connectivity index (χ0n) is 9.95. The van der Waals surface area contributed by atoms with Gasteiger partial charge in [0.2, 0.25) is 5.91 Å². The summed E-state index contributed by atoms with van der Waals surface area (Å²) in [6.45, 7) is 0. The van der Waals surface area contributed by atoms with E-state index in [9.17, 15) is 9.90 Å². The number of aromatic hydroxyl groups is 1. The summed E-state index contributed by atoms with van der Waals surface area (Å²) in [6, 6.07) is 1.30. The highest BCUT2D eigenvalue weighted by Gasteiger charge is 2.17. The molecule has 2 rings (SSSR count). The number of phenolic OH excluding ortho intramolecular Hbond substituents is 1. The highest BCUT2D eigenvalue weighted by molar-refractivity contribution is 6.46. The maximum Gasteiger partial charge on any atom is 0.224 e. The van der Waals surface area contributed by atoms with Crippen molar-refractivity contribution in [3.63, 3.8) is 0 Å². The third-order valence-corrected chi connectivity index (χ3v) is 3.54. The number of aromatic amines is 1. The van der Waals surface area contributed by atoms with Gasteiger partial charge in [-0.3, -0.25) is 9.89 Å². The Bertz CT molecular complexity index is 605. The molecule has 6 nitrogen and oxygen atoms in total. The molecule has 1 amide bonds. The molecule has 0 spiro atoms. The van der Waals surface area contributed by atoms with Crippen molar-refractivity contribution < 1.29 is 9.90 Å². The number of hydrogen-bond acceptors (Lipinski definition) is 4. The number of aromatic nitrogens is 3. The topological polar surface area (TPSA) is 90.9 Å². The van der Waals surface area contributed by atoms with Gasteiger partial charge in [-0.05, 0) is 6.07 Å². The summed E-state index contributed by atoms with van der Waals surface area (Å²) in [6.07, 6.45) is 1.86. The molecule has 0 unspecified atom stereocenters. The van der Waals surface area contributed by atoms with Crippen molar-refractivity contribution in [3.8, 4) is 5.75 Å². The van der Waals surface area contributed by atoms with Gasteiger partial charge in [0.15, 0.2) is 5.75 Å². The van der Waals surface area contributed by atoms with Gasteiger partial charge in [0, 0.05) is 12.8 Å². The van der Waals surface area contributed by atoms with E-state index in [4.69, 9.17) is 34.8 Å². The van der Waals surface area contributed by atoms with Gasteiger partial charge in [-0.2, -0.15) is 5.10 Å². The largest absolute Gasteiger partial charge is 0.504 e. The van der Waals surface area contributed by atoms with Crippen LogP contribution in [0.15, 0.2) is 12.4 Å². The van der Waals surface area contributed by atoms with Gasteiger partial charge in [-0.1, -0.05) is 34.8 Å². The van der Waals surface area contributed by atoms with Crippen LogP contribution in [-0.2, 0) is 11.2 Å². The minimum atomic E-state index is -0.364. The number of carbonyl (C=O) groups is 1. The van der Waals surface area contributed by atoms with E-state index in [-0.39, 0.29) is 38.8 Å². The number of nitrogens with zero attached hydrogens (tertiary/aromatic N) is 2. The average molecular weight is 336 g/mol. The highest BCUT2D eigenvalue weighted by atomic mass is 35.5. The Kier molecular flexibility index (Phi) is 4.69. The fourth-order valence-corrected chi connectivity index (χ4v) is 2.14. The first kappa shape index (κ1) is 14.9. The number of anilines is 1. The number of nitrogens with one attached hydrogen (secondary N) is 2. The minimum absolute atomic E-state index is 0.00457. The highest BCUT2D eigenvalue weighted by Crippen LogP contribution is 2.42. The monoisotopic (exact) mass is 334 g/mol. The molecule has 0 fully saturated rings. The average Bonchev–Trinajstić information content (AvgIpc) is 2.92. The molecule has 0 saturated heterocycles. The number of H-pyrrole nitrogens is 1. The quantitative estimate of drug-likeness (QED) is 0.591. The van der Waals surface area contributed by atoms with Gasteiger partial charge < -0.3 is 10.4 Å². The van der Waals surface area contributed by atoms with Crippen molar-refractivity contribution in [1.29, 1.82) is 0 Å². The molecule has 1 heterocycles. The lowest BCUT2D eigenvalue weighted by molar-refractivity contribution is -0.116. The molecule has 2 aromatic rings. The Hall–Kier alpha value is -1.50. The van der Waals surface area contributed by atoms with Crippen LogP contribution in [0.4, 0.5) is 5.69 Å². The van der Waals surface area contributed by atoms with E-state index in [0.717, 1.165) is 0 Å². The fraction of sp³-hybridized carbons (Fsp3) is 0.182. The first-order chi connectivity index (χ1) is 9.49. The third kappa shape index (κ3) is 3.33. The summed E-state index contributed by atoms with van der Waals surface area (Å²) in [5, 5.41) is 18.7.